The number of aliphatic carboxylic acids is 1. The molecule has 15 heavy (non-hydrogen) atoms. The maximum absolute atomic E-state index is 12.8. The third kappa shape index (κ3) is 4.07. The van der Waals surface area contributed by atoms with Crippen LogP contribution in [0.5, 0.6) is 0 Å². The number of oxime groups is 1. The molecule has 0 fully saturated rings. The van der Waals surface area contributed by atoms with Gasteiger partial charge in [-0.1, -0.05) is 21.1 Å². The van der Waals surface area contributed by atoms with Crippen molar-refractivity contribution < 1.29 is 19.1 Å². The van der Waals surface area contributed by atoms with E-state index >= 15 is 0 Å². The van der Waals surface area contributed by atoms with E-state index in [2.05, 4.69) is 25.9 Å². The first-order valence-electron chi connectivity index (χ1n) is 3.92. The van der Waals surface area contributed by atoms with Crippen LogP contribution in [0.25, 0.3) is 0 Å². The van der Waals surface area contributed by atoms with Crippen molar-refractivity contribution in [2.24, 2.45) is 5.16 Å². The molecule has 0 amide bonds. The minimum Gasteiger partial charge on any atom is -0.479 e. The van der Waals surface area contributed by atoms with Gasteiger partial charge in [0.05, 0.1) is 6.21 Å². The highest BCUT2D eigenvalue weighted by Crippen LogP contribution is 2.15. The molecule has 0 aliphatic carbocycles. The third-order valence-corrected chi connectivity index (χ3v) is 2.13. The van der Waals surface area contributed by atoms with Gasteiger partial charge in [-0.05, 0) is 18.2 Å². The Kier molecular flexibility index (Phi) is 4.23. The molecular formula is C9H7BrFNO3. The summed E-state index contributed by atoms with van der Waals surface area (Å²) in [5.41, 5.74) is 0.473. The lowest BCUT2D eigenvalue weighted by Gasteiger charge is -1.97. The number of hydrogen-bond donors (Lipinski definition) is 1. The number of carboxylic acids is 1. The molecule has 6 heteroatoms. The van der Waals surface area contributed by atoms with Crippen LogP contribution in [-0.2, 0) is 9.63 Å². The Morgan fingerprint density at radius 1 is 1.67 bits per heavy atom. The first-order valence-corrected chi connectivity index (χ1v) is 4.71. The van der Waals surface area contributed by atoms with Crippen LogP contribution in [0.1, 0.15) is 5.56 Å². The zero-order valence-electron chi connectivity index (χ0n) is 7.48. The van der Waals surface area contributed by atoms with E-state index in [4.69, 9.17) is 5.11 Å². The lowest BCUT2D eigenvalue weighted by atomic mass is 10.2. The quantitative estimate of drug-likeness (QED) is 0.676. The molecule has 0 unspecified atom stereocenters. The Hall–Kier alpha value is -1.43. The monoisotopic (exact) mass is 275 g/mol. The number of hydrogen-bond acceptors (Lipinski definition) is 3. The van der Waals surface area contributed by atoms with Crippen molar-refractivity contribution in [1.82, 2.24) is 0 Å². The summed E-state index contributed by atoms with van der Waals surface area (Å²) >= 11 is 3.18. The number of rotatable bonds is 4. The summed E-state index contributed by atoms with van der Waals surface area (Å²) in [5.74, 6) is -1.52. The summed E-state index contributed by atoms with van der Waals surface area (Å²) in [5, 5.41) is 11.6. The standard InChI is InChI=1S/C9H7BrFNO3/c10-8-2-1-7(11)3-6(8)4-12-15-5-9(13)14/h1-4H,5H2,(H,13,14)/b12-4+. The molecule has 0 spiro atoms. The predicted molar refractivity (Wildman–Crippen MR) is 55.3 cm³/mol. The molecule has 1 aromatic rings. The fraction of sp³-hybridized carbons (Fsp3) is 0.111. The zero-order valence-corrected chi connectivity index (χ0v) is 9.07. The Labute approximate surface area is 93.5 Å². The molecule has 0 aliphatic heterocycles. The van der Waals surface area contributed by atoms with E-state index < -0.39 is 18.4 Å². The average molecular weight is 276 g/mol. The van der Waals surface area contributed by atoms with Gasteiger partial charge in [-0.3, -0.25) is 0 Å². The smallest absolute Gasteiger partial charge is 0.344 e. The number of carbonyl (C=O) groups is 1. The Bertz CT molecular complexity index is 395. The Morgan fingerprint density at radius 3 is 3.07 bits per heavy atom. The van der Waals surface area contributed by atoms with Gasteiger partial charge in [0.15, 0.2) is 0 Å². The molecule has 0 saturated heterocycles. The van der Waals surface area contributed by atoms with E-state index in [-0.39, 0.29) is 0 Å². The summed E-state index contributed by atoms with van der Waals surface area (Å²) in [4.78, 5) is 14.5. The van der Waals surface area contributed by atoms with Gasteiger partial charge < -0.3 is 9.94 Å². The molecule has 0 atom stereocenters. The van der Waals surface area contributed by atoms with Crippen molar-refractivity contribution >= 4 is 28.1 Å². The van der Waals surface area contributed by atoms with E-state index in [0.29, 0.717) is 10.0 Å². The fourth-order valence-corrected chi connectivity index (χ4v) is 1.15. The number of benzene rings is 1. The number of nitrogens with zero attached hydrogens (tertiary/aromatic N) is 1. The summed E-state index contributed by atoms with van der Waals surface area (Å²) in [6, 6.07) is 4.06. The molecule has 0 saturated carbocycles. The molecule has 80 valence electrons. The van der Waals surface area contributed by atoms with Gasteiger partial charge in [0.2, 0.25) is 6.61 Å². The van der Waals surface area contributed by atoms with Crippen LogP contribution in [0.2, 0.25) is 0 Å². The summed E-state index contributed by atoms with van der Waals surface area (Å²) < 4.78 is 13.4. The zero-order chi connectivity index (χ0) is 11.3. The van der Waals surface area contributed by atoms with Crippen LogP contribution in [0.4, 0.5) is 4.39 Å². The Balaban J connectivity index is 2.63. The maximum Gasteiger partial charge on any atom is 0.344 e. The second-order valence-electron chi connectivity index (χ2n) is 2.57. The van der Waals surface area contributed by atoms with Crippen LogP contribution in [-0.4, -0.2) is 23.9 Å². The highest BCUT2D eigenvalue weighted by atomic mass is 79.9. The SMILES string of the molecule is O=C(O)CO/N=C/c1cc(F)ccc1Br. The molecule has 4 nitrogen and oxygen atoms in total. The largest absolute Gasteiger partial charge is 0.479 e. The van der Waals surface area contributed by atoms with Crippen LogP contribution in [0, 0.1) is 5.82 Å². The van der Waals surface area contributed by atoms with Gasteiger partial charge in [-0.15, -0.1) is 0 Å². The summed E-state index contributed by atoms with van der Waals surface area (Å²) in [7, 11) is 0. The highest BCUT2D eigenvalue weighted by Gasteiger charge is 1.99. The first kappa shape index (κ1) is 11.6. The predicted octanol–water partition coefficient (Wildman–Crippen LogP) is 2.02. The van der Waals surface area contributed by atoms with Crippen LogP contribution < -0.4 is 0 Å². The lowest BCUT2D eigenvalue weighted by Crippen LogP contribution is -2.03. The molecule has 0 heterocycles. The Morgan fingerprint density at radius 2 is 2.40 bits per heavy atom. The molecule has 0 bridgehead atoms. The second kappa shape index (κ2) is 5.45. The molecule has 1 rings (SSSR count). The van der Waals surface area contributed by atoms with Crippen molar-refractivity contribution in [3.8, 4) is 0 Å². The number of halogens is 2. The first-order chi connectivity index (χ1) is 7.09. The van der Waals surface area contributed by atoms with Gasteiger partial charge in [0.1, 0.15) is 5.82 Å². The molecule has 0 aromatic heterocycles. The fourth-order valence-electron chi connectivity index (χ4n) is 0.800. The van der Waals surface area contributed by atoms with Gasteiger partial charge in [0, 0.05) is 10.0 Å². The maximum atomic E-state index is 12.8. The van der Waals surface area contributed by atoms with Crippen LogP contribution in [0.3, 0.4) is 0 Å². The lowest BCUT2D eigenvalue weighted by molar-refractivity contribution is -0.142. The van der Waals surface area contributed by atoms with E-state index in [1.807, 2.05) is 0 Å². The minimum atomic E-state index is -1.12. The van der Waals surface area contributed by atoms with Gasteiger partial charge in [-0.2, -0.15) is 0 Å². The molecule has 1 aromatic carbocycles. The summed E-state index contributed by atoms with van der Waals surface area (Å²) in [6.07, 6.45) is 1.23. The second-order valence-corrected chi connectivity index (χ2v) is 3.42. The van der Waals surface area contributed by atoms with Gasteiger partial charge in [-0.25, -0.2) is 9.18 Å². The van der Waals surface area contributed by atoms with Gasteiger partial charge in [0.25, 0.3) is 0 Å². The van der Waals surface area contributed by atoms with Crippen molar-refractivity contribution in [3.63, 3.8) is 0 Å². The highest BCUT2D eigenvalue weighted by molar-refractivity contribution is 9.10. The molecule has 1 N–H and O–H groups in total. The van der Waals surface area contributed by atoms with E-state index in [1.165, 1.54) is 24.4 Å². The average Bonchev–Trinajstić information content (AvgIpc) is 2.17. The van der Waals surface area contributed by atoms with Crippen molar-refractivity contribution in [2.75, 3.05) is 6.61 Å². The summed E-state index contributed by atoms with van der Waals surface area (Å²) in [6.45, 7) is -0.524. The molecule has 0 aliphatic rings. The van der Waals surface area contributed by atoms with Crippen molar-refractivity contribution in [3.05, 3.63) is 34.1 Å². The van der Waals surface area contributed by atoms with Crippen LogP contribution >= 0.6 is 15.9 Å². The van der Waals surface area contributed by atoms with Crippen molar-refractivity contribution in [2.45, 2.75) is 0 Å². The van der Waals surface area contributed by atoms with Crippen LogP contribution in [0.15, 0.2) is 27.8 Å². The van der Waals surface area contributed by atoms with Gasteiger partial charge >= 0.3 is 5.97 Å². The van der Waals surface area contributed by atoms with E-state index in [9.17, 15) is 9.18 Å². The minimum absolute atomic E-state index is 0.405. The molecule has 0 radical (unpaired) electrons. The normalized spacial score (nSPS) is 10.5. The topological polar surface area (TPSA) is 58.9 Å². The van der Waals surface area contributed by atoms with Crippen molar-refractivity contribution in [1.29, 1.82) is 0 Å². The molecular weight excluding hydrogens is 269 g/mol. The number of carboxylic acid groups (broad SMARTS) is 1. The third-order valence-electron chi connectivity index (χ3n) is 1.41. The van der Waals surface area contributed by atoms with E-state index in [1.54, 1.807) is 0 Å². The van der Waals surface area contributed by atoms with E-state index in [0.717, 1.165) is 0 Å².